The molecule has 0 aliphatic carbocycles. The molecule has 0 saturated carbocycles. The highest BCUT2D eigenvalue weighted by Gasteiger charge is 2.26. The fourth-order valence-electron chi connectivity index (χ4n) is 3.70. The van der Waals surface area contributed by atoms with Crippen LogP contribution in [0.3, 0.4) is 0 Å². The molecule has 0 N–H and O–H groups in total. The minimum absolute atomic E-state index is 0.0169. The first kappa shape index (κ1) is 33.2. The van der Waals surface area contributed by atoms with Crippen LogP contribution in [0.5, 0.6) is 34.5 Å². The SMILES string of the molecule is CCOC(=O)C(=Cc1cc(OC)c(OC(C)=O)c(OC)c1)C(=Cc1cc(OC)c(OC(C)=O)c(OC)c1)C(=O)OCC. The minimum atomic E-state index is -0.825. The van der Waals surface area contributed by atoms with Crippen LogP contribution in [-0.2, 0) is 28.7 Å². The van der Waals surface area contributed by atoms with E-state index in [1.807, 2.05) is 0 Å². The summed E-state index contributed by atoms with van der Waals surface area (Å²) >= 11 is 0. The average molecular weight is 587 g/mol. The molecule has 0 unspecified atom stereocenters. The normalized spacial score (nSPS) is 11.2. The zero-order chi connectivity index (χ0) is 31.4. The van der Waals surface area contributed by atoms with Gasteiger partial charge in [-0.15, -0.1) is 0 Å². The van der Waals surface area contributed by atoms with E-state index in [1.54, 1.807) is 13.8 Å². The van der Waals surface area contributed by atoms with Crippen LogP contribution in [0.4, 0.5) is 0 Å². The van der Waals surface area contributed by atoms with Gasteiger partial charge < -0.3 is 37.9 Å². The molecule has 2 aromatic carbocycles. The highest BCUT2D eigenvalue weighted by molar-refractivity contribution is 6.13. The van der Waals surface area contributed by atoms with Crippen molar-refractivity contribution in [3.05, 3.63) is 46.5 Å². The number of carbonyl (C=O) groups excluding carboxylic acids is 4. The van der Waals surface area contributed by atoms with Crippen LogP contribution in [0.1, 0.15) is 38.8 Å². The van der Waals surface area contributed by atoms with E-state index in [0.717, 1.165) is 0 Å². The van der Waals surface area contributed by atoms with Crippen molar-refractivity contribution >= 4 is 36.0 Å². The lowest BCUT2D eigenvalue weighted by molar-refractivity contribution is -0.141. The van der Waals surface area contributed by atoms with Crippen molar-refractivity contribution in [2.24, 2.45) is 0 Å². The fourth-order valence-corrected chi connectivity index (χ4v) is 3.70. The molecule has 12 heteroatoms. The van der Waals surface area contributed by atoms with Gasteiger partial charge in [0.25, 0.3) is 0 Å². The smallest absolute Gasteiger partial charge is 0.339 e. The van der Waals surface area contributed by atoms with Crippen molar-refractivity contribution < 1.29 is 57.1 Å². The first-order valence-corrected chi connectivity index (χ1v) is 12.7. The van der Waals surface area contributed by atoms with Crippen molar-refractivity contribution in [3.8, 4) is 34.5 Å². The lowest BCUT2D eigenvalue weighted by Crippen LogP contribution is -2.17. The Bertz CT molecular complexity index is 1230. The quantitative estimate of drug-likeness (QED) is 0.144. The summed E-state index contributed by atoms with van der Waals surface area (Å²) < 4.78 is 42.5. The maximum Gasteiger partial charge on any atom is 0.339 e. The highest BCUT2D eigenvalue weighted by atomic mass is 16.6. The molecular formula is C30H34O12. The van der Waals surface area contributed by atoms with E-state index < -0.39 is 23.9 Å². The largest absolute Gasteiger partial charge is 0.493 e. The van der Waals surface area contributed by atoms with Crippen molar-refractivity contribution in [3.63, 3.8) is 0 Å². The third-order valence-electron chi connectivity index (χ3n) is 5.36. The maximum absolute atomic E-state index is 13.3. The number of carbonyl (C=O) groups is 4. The van der Waals surface area contributed by atoms with E-state index in [4.69, 9.17) is 37.9 Å². The number of rotatable bonds is 13. The summed E-state index contributed by atoms with van der Waals surface area (Å²) in [5.74, 6) is -2.23. The van der Waals surface area contributed by atoms with Gasteiger partial charge in [-0.05, 0) is 61.4 Å². The van der Waals surface area contributed by atoms with Gasteiger partial charge in [0.05, 0.1) is 52.8 Å². The molecule has 0 aliphatic heterocycles. The second-order valence-corrected chi connectivity index (χ2v) is 8.25. The molecule has 42 heavy (non-hydrogen) atoms. The Kier molecular flexibility index (Phi) is 12.4. The summed E-state index contributed by atoms with van der Waals surface area (Å²) in [6.07, 6.45) is 2.76. The molecule has 0 heterocycles. The third-order valence-corrected chi connectivity index (χ3v) is 5.36. The second kappa shape index (κ2) is 15.7. The zero-order valence-corrected chi connectivity index (χ0v) is 24.8. The van der Waals surface area contributed by atoms with Gasteiger partial charge in [-0.1, -0.05) is 0 Å². The van der Waals surface area contributed by atoms with Gasteiger partial charge in [0.2, 0.25) is 11.5 Å². The Morgan fingerprint density at radius 3 is 1.07 bits per heavy atom. The van der Waals surface area contributed by atoms with Crippen LogP contribution in [-0.4, -0.2) is 65.5 Å². The molecule has 226 valence electrons. The monoisotopic (exact) mass is 586 g/mol. The van der Waals surface area contributed by atoms with Gasteiger partial charge in [-0.25, -0.2) is 9.59 Å². The summed E-state index contributed by atoms with van der Waals surface area (Å²) in [4.78, 5) is 49.8. The molecule has 2 rings (SSSR count). The Hall–Kier alpha value is -5.00. The molecule has 12 nitrogen and oxygen atoms in total. The Balaban J connectivity index is 2.89. The van der Waals surface area contributed by atoms with Gasteiger partial charge in [0.15, 0.2) is 23.0 Å². The molecule has 0 bridgehead atoms. The van der Waals surface area contributed by atoms with Crippen LogP contribution in [0.25, 0.3) is 12.2 Å². The molecule has 0 fully saturated rings. The summed E-state index contributed by atoms with van der Waals surface area (Å²) in [5.41, 5.74) is 0.361. The van der Waals surface area contributed by atoms with E-state index in [1.165, 1.54) is 78.7 Å². The molecular weight excluding hydrogens is 552 g/mol. The van der Waals surface area contributed by atoms with Crippen LogP contribution in [0.15, 0.2) is 35.4 Å². The summed E-state index contributed by atoms with van der Waals surface area (Å²) in [6, 6.07) is 5.96. The first-order chi connectivity index (χ1) is 20.0. The first-order valence-electron chi connectivity index (χ1n) is 12.7. The number of hydrogen-bond donors (Lipinski definition) is 0. The van der Waals surface area contributed by atoms with Gasteiger partial charge >= 0.3 is 23.9 Å². The van der Waals surface area contributed by atoms with Crippen LogP contribution in [0.2, 0.25) is 0 Å². The molecule has 0 radical (unpaired) electrons. The number of ether oxygens (including phenoxy) is 8. The lowest BCUT2D eigenvalue weighted by Gasteiger charge is -2.16. The Morgan fingerprint density at radius 1 is 0.571 bits per heavy atom. The van der Waals surface area contributed by atoms with E-state index in [9.17, 15) is 19.2 Å². The molecule has 0 aromatic heterocycles. The standard InChI is InChI=1S/C30H34O12/c1-9-39-29(33)21(11-19-13-23(35-5)27(41-17(3)31)24(14-19)36-6)22(30(34)40-10-2)12-20-15-25(37-7)28(42-18(4)32)26(16-20)38-8/h11-16H,9-10H2,1-8H3. The fraction of sp³-hybridized carbons (Fsp3) is 0.333. The molecule has 0 amide bonds. The molecule has 0 spiro atoms. The highest BCUT2D eigenvalue weighted by Crippen LogP contribution is 2.41. The van der Waals surface area contributed by atoms with Gasteiger partial charge in [-0.3, -0.25) is 9.59 Å². The number of methoxy groups -OCH3 is 4. The van der Waals surface area contributed by atoms with Crippen LogP contribution < -0.4 is 28.4 Å². The van der Waals surface area contributed by atoms with Gasteiger partial charge in [-0.2, -0.15) is 0 Å². The van der Waals surface area contributed by atoms with Crippen molar-refractivity contribution in [1.82, 2.24) is 0 Å². The van der Waals surface area contributed by atoms with Crippen molar-refractivity contribution in [1.29, 1.82) is 0 Å². The molecule has 0 atom stereocenters. The summed E-state index contributed by atoms with van der Waals surface area (Å²) in [6.45, 7) is 5.72. The predicted octanol–water partition coefficient (Wildman–Crippen LogP) is 4.16. The molecule has 0 aliphatic rings. The van der Waals surface area contributed by atoms with Gasteiger partial charge in [0.1, 0.15) is 0 Å². The predicted molar refractivity (Wildman–Crippen MR) is 151 cm³/mol. The third kappa shape index (κ3) is 8.50. The minimum Gasteiger partial charge on any atom is -0.493 e. The zero-order valence-electron chi connectivity index (χ0n) is 24.8. The van der Waals surface area contributed by atoms with E-state index >= 15 is 0 Å². The molecule has 0 saturated heterocycles. The summed E-state index contributed by atoms with van der Waals surface area (Å²) in [5, 5.41) is 0. The van der Waals surface area contributed by atoms with Crippen LogP contribution >= 0.6 is 0 Å². The summed E-state index contributed by atoms with van der Waals surface area (Å²) in [7, 11) is 5.47. The number of hydrogen-bond acceptors (Lipinski definition) is 12. The topological polar surface area (TPSA) is 142 Å². The van der Waals surface area contributed by atoms with Crippen LogP contribution in [0, 0.1) is 0 Å². The number of esters is 4. The second-order valence-electron chi connectivity index (χ2n) is 8.25. The van der Waals surface area contributed by atoms with E-state index in [-0.39, 0.29) is 58.9 Å². The maximum atomic E-state index is 13.3. The average Bonchev–Trinajstić information content (AvgIpc) is 2.95. The Morgan fingerprint density at radius 2 is 0.857 bits per heavy atom. The van der Waals surface area contributed by atoms with E-state index in [2.05, 4.69) is 0 Å². The van der Waals surface area contributed by atoms with E-state index in [0.29, 0.717) is 11.1 Å². The lowest BCUT2D eigenvalue weighted by atomic mass is 9.99. The van der Waals surface area contributed by atoms with Crippen molar-refractivity contribution in [2.75, 3.05) is 41.7 Å². The van der Waals surface area contributed by atoms with Gasteiger partial charge in [0, 0.05) is 13.8 Å². The Labute approximate surface area is 243 Å². The molecule has 2 aromatic rings. The number of benzene rings is 2. The van der Waals surface area contributed by atoms with Crippen molar-refractivity contribution in [2.45, 2.75) is 27.7 Å².